The summed E-state index contributed by atoms with van der Waals surface area (Å²) in [4.78, 5) is 24.3. The molecular formula is C21H21N5OS. The maximum Gasteiger partial charge on any atom is 0.254 e. The number of pyridine rings is 1. The normalized spacial score (nSPS) is 11.1. The summed E-state index contributed by atoms with van der Waals surface area (Å²) < 4.78 is 1.81. The van der Waals surface area contributed by atoms with Crippen LogP contribution in [0.4, 0.5) is 0 Å². The van der Waals surface area contributed by atoms with Crippen LogP contribution in [0.15, 0.2) is 48.0 Å². The summed E-state index contributed by atoms with van der Waals surface area (Å²) in [5.41, 5.74) is 3.68. The number of aryl methyl sites for hydroxylation is 1. The molecule has 3 aromatic heterocycles. The molecule has 0 bridgehead atoms. The van der Waals surface area contributed by atoms with Crippen molar-refractivity contribution in [1.29, 1.82) is 0 Å². The number of amides is 1. The minimum atomic E-state index is -0.00841. The predicted octanol–water partition coefficient (Wildman–Crippen LogP) is 4.33. The zero-order chi connectivity index (χ0) is 19.7. The lowest BCUT2D eigenvalue weighted by molar-refractivity contribution is 0.0775. The van der Waals surface area contributed by atoms with Crippen molar-refractivity contribution in [2.75, 3.05) is 13.1 Å². The Kier molecular flexibility index (Phi) is 4.92. The highest BCUT2D eigenvalue weighted by molar-refractivity contribution is 7.13. The molecule has 0 aliphatic rings. The average Bonchev–Trinajstić information content (AvgIpc) is 3.37. The van der Waals surface area contributed by atoms with E-state index in [1.54, 1.807) is 10.9 Å². The van der Waals surface area contributed by atoms with Gasteiger partial charge < -0.3 is 4.90 Å². The van der Waals surface area contributed by atoms with Crippen molar-refractivity contribution in [3.63, 3.8) is 0 Å². The Labute approximate surface area is 167 Å². The first kappa shape index (κ1) is 18.3. The fourth-order valence-electron chi connectivity index (χ4n) is 3.35. The van der Waals surface area contributed by atoms with Crippen molar-refractivity contribution >= 4 is 28.3 Å². The van der Waals surface area contributed by atoms with Gasteiger partial charge in [-0.25, -0.2) is 14.6 Å². The summed E-state index contributed by atoms with van der Waals surface area (Å²) in [6.07, 6.45) is 1.75. The number of hydrogen-bond acceptors (Lipinski definition) is 5. The number of carbonyl (C=O) groups excluding carboxylic acids is 1. The second kappa shape index (κ2) is 7.52. The number of carbonyl (C=O) groups is 1. The lowest BCUT2D eigenvalue weighted by atomic mass is 10.1. The zero-order valence-corrected chi connectivity index (χ0v) is 16.9. The van der Waals surface area contributed by atoms with Gasteiger partial charge in [-0.05, 0) is 39.0 Å². The van der Waals surface area contributed by atoms with E-state index in [-0.39, 0.29) is 5.91 Å². The standard InChI is InChI=1S/C21H21N5OS/c1-4-25(5-2)21(27)16-13-17(20-22-11-12-28-20)23-19-18(16)14(3)24-26(19)15-9-7-6-8-10-15/h6-13H,4-5H2,1-3H3. The van der Waals surface area contributed by atoms with Gasteiger partial charge in [0.1, 0.15) is 10.7 Å². The molecule has 0 atom stereocenters. The van der Waals surface area contributed by atoms with E-state index in [0.717, 1.165) is 21.8 Å². The molecule has 4 rings (SSSR count). The van der Waals surface area contributed by atoms with E-state index in [0.29, 0.717) is 30.0 Å². The molecule has 0 aliphatic heterocycles. The third-order valence-electron chi connectivity index (χ3n) is 4.75. The van der Waals surface area contributed by atoms with Crippen LogP contribution < -0.4 is 0 Å². The molecule has 0 fully saturated rings. The Morgan fingerprint density at radius 3 is 2.57 bits per heavy atom. The Balaban J connectivity index is 2.02. The van der Waals surface area contributed by atoms with E-state index in [9.17, 15) is 4.79 Å². The number of fused-ring (bicyclic) bond motifs is 1. The summed E-state index contributed by atoms with van der Waals surface area (Å²) in [6, 6.07) is 11.7. The second-order valence-corrected chi connectivity index (χ2v) is 7.30. The first-order chi connectivity index (χ1) is 13.6. The van der Waals surface area contributed by atoms with Gasteiger partial charge in [-0.15, -0.1) is 11.3 Å². The van der Waals surface area contributed by atoms with Crippen LogP contribution in [0.2, 0.25) is 0 Å². The Bertz CT molecular complexity index is 1110. The van der Waals surface area contributed by atoms with E-state index in [1.165, 1.54) is 11.3 Å². The Morgan fingerprint density at radius 2 is 1.93 bits per heavy atom. The fraction of sp³-hybridized carbons (Fsp3) is 0.238. The molecule has 0 radical (unpaired) electrons. The average molecular weight is 392 g/mol. The summed E-state index contributed by atoms with van der Waals surface area (Å²) in [6.45, 7) is 7.20. The van der Waals surface area contributed by atoms with Crippen LogP contribution >= 0.6 is 11.3 Å². The quantitative estimate of drug-likeness (QED) is 0.508. The molecule has 0 unspecified atom stereocenters. The van der Waals surface area contributed by atoms with Crippen LogP contribution in [0.25, 0.3) is 27.4 Å². The Hall–Kier alpha value is -3.06. The van der Waals surface area contributed by atoms with Crippen molar-refractivity contribution in [2.45, 2.75) is 20.8 Å². The minimum Gasteiger partial charge on any atom is -0.339 e. The molecule has 1 amide bonds. The molecule has 6 nitrogen and oxygen atoms in total. The van der Waals surface area contributed by atoms with Crippen molar-refractivity contribution in [3.05, 3.63) is 59.2 Å². The third kappa shape index (κ3) is 3.07. The molecule has 28 heavy (non-hydrogen) atoms. The van der Waals surface area contributed by atoms with E-state index in [1.807, 2.05) is 67.4 Å². The molecule has 0 spiro atoms. The number of thiazole rings is 1. The minimum absolute atomic E-state index is 0.00841. The van der Waals surface area contributed by atoms with Crippen molar-refractivity contribution < 1.29 is 4.79 Å². The van der Waals surface area contributed by atoms with Crippen molar-refractivity contribution in [3.8, 4) is 16.4 Å². The van der Waals surface area contributed by atoms with Gasteiger partial charge in [-0.3, -0.25) is 4.79 Å². The van der Waals surface area contributed by atoms with Crippen LogP contribution in [0.1, 0.15) is 29.9 Å². The molecular weight excluding hydrogens is 370 g/mol. The van der Waals surface area contributed by atoms with Gasteiger partial charge >= 0.3 is 0 Å². The first-order valence-electron chi connectivity index (χ1n) is 9.29. The molecule has 1 aromatic carbocycles. The van der Waals surface area contributed by atoms with Gasteiger partial charge in [-0.2, -0.15) is 5.10 Å². The maximum atomic E-state index is 13.3. The number of rotatable bonds is 5. The van der Waals surface area contributed by atoms with Gasteiger partial charge in [0.25, 0.3) is 5.91 Å². The summed E-state index contributed by atoms with van der Waals surface area (Å²) in [5, 5.41) is 8.19. The number of para-hydroxylation sites is 1. The highest BCUT2D eigenvalue weighted by Gasteiger charge is 2.23. The molecule has 0 saturated carbocycles. The van der Waals surface area contributed by atoms with E-state index in [2.05, 4.69) is 4.98 Å². The highest BCUT2D eigenvalue weighted by atomic mass is 32.1. The molecule has 142 valence electrons. The van der Waals surface area contributed by atoms with Crippen LogP contribution in [0, 0.1) is 6.92 Å². The summed E-state index contributed by atoms with van der Waals surface area (Å²) >= 11 is 1.51. The molecule has 7 heteroatoms. The first-order valence-corrected chi connectivity index (χ1v) is 10.2. The van der Waals surface area contributed by atoms with E-state index in [4.69, 9.17) is 10.1 Å². The van der Waals surface area contributed by atoms with Gasteiger partial charge in [0.15, 0.2) is 5.65 Å². The lowest BCUT2D eigenvalue weighted by Crippen LogP contribution is -2.30. The Morgan fingerprint density at radius 1 is 1.18 bits per heavy atom. The fourth-order valence-corrected chi connectivity index (χ4v) is 3.95. The SMILES string of the molecule is CCN(CC)C(=O)c1cc(-c2nccs2)nc2c1c(C)nn2-c1ccccc1. The number of aromatic nitrogens is 4. The van der Waals surface area contributed by atoms with Gasteiger partial charge in [-0.1, -0.05) is 18.2 Å². The highest BCUT2D eigenvalue weighted by Crippen LogP contribution is 2.30. The second-order valence-electron chi connectivity index (χ2n) is 6.40. The molecule has 4 aromatic rings. The monoisotopic (exact) mass is 391 g/mol. The van der Waals surface area contributed by atoms with Crippen molar-refractivity contribution in [1.82, 2.24) is 24.6 Å². The van der Waals surface area contributed by atoms with Gasteiger partial charge in [0.05, 0.1) is 22.3 Å². The topological polar surface area (TPSA) is 63.9 Å². The van der Waals surface area contributed by atoms with Crippen LogP contribution in [-0.2, 0) is 0 Å². The molecule has 0 saturated heterocycles. The number of hydrogen-bond donors (Lipinski definition) is 0. The van der Waals surface area contributed by atoms with E-state index >= 15 is 0 Å². The van der Waals surface area contributed by atoms with Crippen molar-refractivity contribution in [2.24, 2.45) is 0 Å². The predicted molar refractivity (Wildman–Crippen MR) is 112 cm³/mol. The molecule has 0 N–H and O–H groups in total. The molecule has 0 aliphatic carbocycles. The number of benzene rings is 1. The van der Waals surface area contributed by atoms with Gasteiger partial charge in [0, 0.05) is 24.7 Å². The lowest BCUT2D eigenvalue weighted by Gasteiger charge is -2.19. The number of nitrogens with zero attached hydrogens (tertiary/aromatic N) is 5. The van der Waals surface area contributed by atoms with Crippen LogP contribution in [0.3, 0.4) is 0 Å². The summed E-state index contributed by atoms with van der Waals surface area (Å²) in [5.74, 6) is -0.00841. The van der Waals surface area contributed by atoms with Crippen LogP contribution in [0.5, 0.6) is 0 Å². The largest absolute Gasteiger partial charge is 0.339 e. The van der Waals surface area contributed by atoms with Crippen LogP contribution in [-0.4, -0.2) is 43.6 Å². The van der Waals surface area contributed by atoms with Gasteiger partial charge in [0.2, 0.25) is 0 Å². The maximum absolute atomic E-state index is 13.3. The van der Waals surface area contributed by atoms with E-state index < -0.39 is 0 Å². The zero-order valence-electron chi connectivity index (χ0n) is 16.1. The molecule has 3 heterocycles. The third-order valence-corrected chi connectivity index (χ3v) is 5.54. The smallest absolute Gasteiger partial charge is 0.254 e. The summed E-state index contributed by atoms with van der Waals surface area (Å²) in [7, 11) is 0.